The Kier molecular flexibility index (Phi) is 8.00. The van der Waals surface area contributed by atoms with Crippen LogP contribution in [0.3, 0.4) is 0 Å². The molecule has 32 heavy (non-hydrogen) atoms. The molecule has 0 aliphatic carbocycles. The van der Waals surface area contributed by atoms with Gasteiger partial charge in [-0.1, -0.05) is 12.1 Å². The summed E-state index contributed by atoms with van der Waals surface area (Å²) in [6.07, 6.45) is 0. The molecular formula is C23H34N4O4S. The number of nitrogens with one attached hydrogen (secondary N) is 1. The fraction of sp³-hybridized carbons (Fsp3) is 0.478. The van der Waals surface area contributed by atoms with E-state index in [9.17, 15) is 8.42 Å². The van der Waals surface area contributed by atoms with E-state index in [1.807, 2.05) is 14.1 Å². The average Bonchev–Trinajstić information content (AvgIpc) is 2.80. The van der Waals surface area contributed by atoms with Gasteiger partial charge in [0.05, 0.1) is 19.1 Å². The summed E-state index contributed by atoms with van der Waals surface area (Å²) in [5.74, 6) is 0.869. The van der Waals surface area contributed by atoms with E-state index in [-0.39, 0.29) is 17.5 Å². The molecule has 1 aliphatic rings. The van der Waals surface area contributed by atoms with Crippen molar-refractivity contribution >= 4 is 15.7 Å². The Balaban J connectivity index is 1.82. The van der Waals surface area contributed by atoms with E-state index in [1.165, 1.54) is 26.4 Å². The van der Waals surface area contributed by atoms with Crippen LogP contribution >= 0.6 is 0 Å². The molecule has 8 nitrogen and oxygen atoms in total. The number of nitrogens with zero attached hydrogens (tertiary/aromatic N) is 3. The molecule has 9 heteroatoms. The molecule has 176 valence electrons. The van der Waals surface area contributed by atoms with Gasteiger partial charge in [-0.3, -0.25) is 4.90 Å². The van der Waals surface area contributed by atoms with Gasteiger partial charge in [0, 0.05) is 64.6 Å². The average molecular weight is 463 g/mol. The van der Waals surface area contributed by atoms with Gasteiger partial charge >= 0.3 is 0 Å². The Morgan fingerprint density at radius 1 is 0.969 bits per heavy atom. The van der Waals surface area contributed by atoms with Gasteiger partial charge in [-0.05, 0) is 36.9 Å². The smallest absolute Gasteiger partial charge is 0.240 e. The van der Waals surface area contributed by atoms with E-state index in [4.69, 9.17) is 9.47 Å². The number of sulfonamides is 1. The normalized spacial score (nSPS) is 16.5. The molecule has 0 saturated carbocycles. The van der Waals surface area contributed by atoms with Crippen molar-refractivity contribution in [2.24, 2.45) is 0 Å². The minimum absolute atomic E-state index is 0.0603. The molecular weight excluding hydrogens is 428 g/mol. The summed E-state index contributed by atoms with van der Waals surface area (Å²) in [5.41, 5.74) is 2.20. The predicted molar refractivity (Wildman–Crippen MR) is 127 cm³/mol. The Labute approximate surface area is 191 Å². The van der Waals surface area contributed by atoms with Crippen LogP contribution in [0.25, 0.3) is 0 Å². The van der Waals surface area contributed by atoms with Gasteiger partial charge in [-0.25, -0.2) is 13.1 Å². The second kappa shape index (κ2) is 10.5. The Hall–Kier alpha value is -2.33. The fourth-order valence-corrected chi connectivity index (χ4v) is 4.89. The SMILES string of the molecule is COc1ccc(S(=O)(=O)NC[C@H](c2ccc(N(C)C)cc2)N2CCN(C)CC2)cc1OC. The Bertz CT molecular complexity index is 988. The molecule has 2 aromatic carbocycles. The molecule has 1 fully saturated rings. The van der Waals surface area contributed by atoms with Crippen molar-refractivity contribution in [3.8, 4) is 11.5 Å². The van der Waals surface area contributed by atoms with E-state index >= 15 is 0 Å². The largest absolute Gasteiger partial charge is 0.493 e. The molecule has 1 aliphatic heterocycles. The van der Waals surface area contributed by atoms with Crippen LogP contribution in [-0.4, -0.2) is 86.3 Å². The summed E-state index contributed by atoms with van der Waals surface area (Å²) in [6.45, 7) is 3.95. The third kappa shape index (κ3) is 5.72. The first-order chi connectivity index (χ1) is 15.2. The molecule has 0 spiro atoms. The maximum absolute atomic E-state index is 13.1. The molecule has 0 amide bonds. The quantitative estimate of drug-likeness (QED) is 0.611. The predicted octanol–water partition coefficient (Wildman–Crippen LogP) is 2.04. The molecule has 0 radical (unpaired) electrons. The monoisotopic (exact) mass is 462 g/mol. The molecule has 2 aromatic rings. The maximum Gasteiger partial charge on any atom is 0.240 e. The van der Waals surface area contributed by atoms with E-state index in [0.29, 0.717) is 11.5 Å². The van der Waals surface area contributed by atoms with Crippen molar-refractivity contribution in [2.45, 2.75) is 10.9 Å². The number of rotatable bonds is 9. The van der Waals surface area contributed by atoms with Crippen LogP contribution in [0.5, 0.6) is 11.5 Å². The zero-order chi connectivity index (χ0) is 23.3. The van der Waals surface area contributed by atoms with Gasteiger partial charge in [-0.2, -0.15) is 0 Å². The van der Waals surface area contributed by atoms with Crippen LogP contribution in [0.4, 0.5) is 5.69 Å². The van der Waals surface area contributed by atoms with Crippen molar-refractivity contribution in [3.05, 3.63) is 48.0 Å². The third-order valence-electron chi connectivity index (χ3n) is 5.90. The Morgan fingerprint density at radius 2 is 1.59 bits per heavy atom. The van der Waals surface area contributed by atoms with Gasteiger partial charge in [0.2, 0.25) is 10.0 Å². The number of ether oxygens (including phenoxy) is 2. The molecule has 1 atom stereocenters. The summed E-state index contributed by atoms with van der Waals surface area (Å²) < 4.78 is 39.5. The Morgan fingerprint density at radius 3 is 2.16 bits per heavy atom. The highest BCUT2D eigenvalue weighted by Crippen LogP contribution is 2.30. The van der Waals surface area contributed by atoms with Crippen LogP contribution in [0.1, 0.15) is 11.6 Å². The van der Waals surface area contributed by atoms with Crippen molar-refractivity contribution in [1.82, 2.24) is 14.5 Å². The van der Waals surface area contributed by atoms with Crippen LogP contribution in [0.15, 0.2) is 47.4 Å². The molecule has 1 heterocycles. The lowest BCUT2D eigenvalue weighted by Gasteiger charge is -2.38. The van der Waals surface area contributed by atoms with Crippen molar-refractivity contribution < 1.29 is 17.9 Å². The van der Waals surface area contributed by atoms with Crippen LogP contribution in [-0.2, 0) is 10.0 Å². The van der Waals surface area contributed by atoms with E-state index in [0.717, 1.165) is 37.4 Å². The zero-order valence-electron chi connectivity index (χ0n) is 19.5. The second-order valence-corrected chi connectivity index (χ2v) is 9.98. The van der Waals surface area contributed by atoms with Gasteiger partial charge in [0.1, 0.15) is 0 Å². The highest BCUT2D eigenvalue weighted by molar-refractivity contribution is 7.89. The third-order valence-corrected chi connectivity index (χ3v) is 7.33. The standard InChI is InChI=1S/C23H34N4O4S/c1-25(2)19-8-6-18(7-9-19)21(27-14-12-26(3)13-15-27)17-24-32(28,29)20-10-11-22(30-4)23(16-20)31-5/h6-11,16,21,24H,12-15,17H2,1-5H3/t21-/m1/s1. The number of anilines is 1. The number of piperazine rings is 1. The van der Waals surface area contributed by atoms with Crippen LogP contribution < -0.4 is 19.1 Å². The van der Waals surface area contributed by atoms with Crippen molar-refractivity contribution in [3.63, 3.8) is 0 Å². The first kappa shape index (κ1) is 24.3. The number of hydrogen-bond donors (Lipinski definition) is 1. The zero-order valence-corrected chi connectivity index (χ0v) is 20.4. The molecule has 0 bridgehead atoms. The highest BCUT2D eigenvalue weighted by atomic mass is 32.2. The summed E-state index contributed by atoms with van der Waals surface area (Å²) in [7, 11) is 5.40. The number of methoxy groups -OCH3 is 2. The minimum Gasteiger partial charge on any atom is -0.493 e. The lowest BCUT2D eigenvalue weighted by atomic mass is 10.0. The van der Waals surface area contributed by atoms with E-state index in [2.05, 4.69) is 50.7 Å². The van der Waals surface area contributed by atoms with Crippen LogP contribution in [0, 0.1) is 0 Å². The maximum atomic E-state index is 13.1. The summed E-state index contributed by atoms with van der Waals surface area (Å²) in [4.78, 5) is 6.84. The van der Waals surface area contributed by atoms with Crippen molar-refractivity contribution in [2.75, 3.05) is 73.0 Å². The first-order valence-electron chi connectivity index (χ1n) is 10.7. The summed E-state index contributed by atoms with van der Waals surface area (Å²) in [5, 5.41) is 0. The van der Waals surface area contributed by atoms with Crippen LogP contribution in [0.2, 0.25) is 0 Å². The van der Waals surface area contributed by atoms with E-state index < -0.39 is 10.0 Å². The number of hydrogen-bond acceptors (Lipinski definition) is 7. The van der Waals surface area contributed by atoms with Gasteiger partial charge in [0.15, 0.2) is 11.5 Å². The van der Waals surface area contributed by atoms with E-state index in [1.54, 1.807) is 6.07 Å². The number of benzene rings is 2. The van der Waals surface area contributed by atoms with Gasteiger partial charge < -0.3 is 19.3 Å². The second-order valence-electron chi connectivity index (χ2n) is 8.21. The topological polar surface area (TPSA) is 74.4 Å². The molecule has 1 N–H and O–H groups in total. The molecule has 0 unspecified atom stereocenters. The molecule has 1 saturated heterocycles. The van der Waals surface area contributed by atoms with Crippen molar-refractivity contribution in [1.29, 1.82) is 0 Å². The highest BCUT2D eigenvalue weighted by Gasteiger charge is 2.26. The summed E-state index contributed by atoms with van der Waals surface area (Å²) in [6, 6.07) is 12.9. The number of likely N-dealkylation sites (N-methyl/N-ethyl adjacent to an activating group) is 1. The summed E-state index contributed by atoms with van der Waals surface area (Å²) >= 11 is 0. The lowest BCUT2D eigenvalue weighted by Crippen LogP contribution is -2.48. The van der Waals surface area contributed by atoms with Gasteiger partial charge in [-0.15, -0.1) is 0 Å². The van der Waals surface area contributed by atoms with Gasteiger partial charge in [0.25, 0.3) is 0 Å². The first-order valence-corrected chi connectivity index (χ1v) is 12.1. The fourth-order valence-electron chi connectivity index (χ4n) is 3.84. The lowest BCUT2D eigenvalue weighted by molar-refractivity contribution is 0.113. The minimum atomic E-state index is -3.72. The molecule has 3 rings (SSSR count). The molecule has 0 aromatic heterocycles.